The van der Waals surface area contributed by atoms with Gasteiger partial charge in [-0.2, -0.15) is 0 Å². The predicted octanol–water partition coefficient (Wildman–Crippen LogP) is 4.55. The van der Waals surface area contributed by atoms with Crippen LogP contribution >= 0.6 is 0 Å². The van der Waals surface area contributed by atoms with Crippen molar-refractivity contribution in [2.24, 2.45) is 0 Å². The number of benzene rings is 2. The number of nitrogens with one attached hydrogen (secondary N) is 1. The van der Waals surface area contributed by atoms with Crippen molar-refractivity contribution in [1.29, 1.82) is 0 Å². The lowest BCUT2D eigenvalue weighted by Gasteiger charge is -2.43. The predicted molar refractivity (Wildman–Crippen MR) is 130 cm³/mol. The molecule has 2 saturated heterocycles. The SMILES string of the molecule is Cc1cccc(C)c1NC(=O)N1CCC(N(C(=O)Cc2ccccc2)C2CCOCC2)CC1. The fourth-order valence-corrected chi connectivity index (χ4v) is 5.08. The standard InChI is InChI=1S/C27H35N3O3/c1-20-7-6-8-21(2)26(20)28-27(32)29-15-11-23(12-16-29)30(24-13-17-33-18-14-24)25(31)19-22-9-4-3-5-10-22/h3-10,23-24H,11-19H2,1-2H3,(H,28,32). The normalized spacial score (nSPS) is 17.6. The Balaban J connectivity index is 1.41. The van der Waals surface area contributed by atoms with Crippen LogP contribution in [0.15, 0.2) is 48.5 Å². The summed E-state index contributed by atoms with van der Waals surface area (Å²) in [6.07, 6.45) is 3.79. The van der Waals surface area contributed by atoms with Crippen molar-refractivity contribution in [1.82, 2.24) is 9.80 Å². The van der Waals surface area contributed by atoms with Crippen LogP contribution in [0.1, 0.15) is 42.4 Å². The van der Waals surface area contributed by atoms with Gasteiger partial charge in [-0.1, -0.05) is 48.5 Å². The number of rotatable bonds is 5. The van der Waals surface area contributed by atoms with Gasteiger partial charge >= 0.3 is 6.03 Å². The summed E-state index contributed by atoms with van der Waals surface area (Å²) in [5, 5.41) is 3.10. The third-order valence-electron chi connectivity index (χ3n) is 6.93. The van der Waals surface area contributed by atoms with Crippen LogP contribution < -0.4 is 5.32 Å². The fraction of sp³-hybridized carbons (Fsp3) is 0.481. The van der Waals surface area contributed by atoms with Crippen molar-refractivity contribution in [3.8, 4) is 0 Å². The van der Waals surface area contributed by atoms with E-state index in [1.807, 2.05) is 67.3 Å². The molecule has 0 unspecified atom stereocenters. The van der Waals surface area contributed by atoms with E-state index in [2.05, 4.69) is 10.2 Å². The van der Waals surface area contributed by atoms with Gasteiger partial charge in [0.1, 0.15) is 0 Å². The first-order chi connectivity index (χ1) is 16.0. The van der Waals surface area contributed by atoms with Crippen molar-refractivity contribution in [3.05, 3.63) is 65.2 Å². The van der Waals surface area contributed by atoms with Crippen molar-refractivity contribution < 1.29 is 14.3 Å². The summed E-state index contributed by atoms with van der Waals surface area (Å²) < 4.78 is 5.56. The summed E-state index contributed by atoms with van der Waals surface area (Å²) in [5.74, 6) is 0.187. The van der Waals surface area contributed by atoms with E-state index in [1.165, 1.54) is 0 Å². The number of hydrogen-bond donors (Lipinski definition) is 1. The second-order valence-corrected chi connectivity index (χ2v) is 9.22. The minimum atomic E-state index is -0.0564. The molecule has 0 spiro atoms. The number of nitrogens with zero attached hydrogens (tertiary/aromatic N) is 2. The Morgan fingerprint density at radius 1 is 0.909 bits per heavy atom. The number of piperidine rings is 1. The Morgan fingerprint density at radius 3 is 2.15 bits per heavy atom. The van der Waals surface area contributed by atoms with E-state index >= 15 is 0 Å². The van der Waals surface area contributed by atoms with Gasteiger partial charge in [0.2, 0.25) is 5.91 Å². The summed E-state index contributed by atoms with van der Waals surface area (Å²) in [6, 6.07) is 16.3. The highest BCUT2D eigenvalue weighted by atomic mass is 16.5. The Bertz CT molecular complexity index is 928. The van der Waals surface area contributed by atoms with E-state index in [9.17, 15) is 9.59 Å². The number of amides is 3. The first kappa shape index (κ1) is 23.3. The zero-order chi connectivity index (χ0) is 23.2. The fourth-order valence-electron chi connectivity index (χ4n) is 5.08. The van der Waals surface area contributed by atoms with Gasteiger partial charge in [0.15, 0.2) is 0 Å². The third kappa shape index (κ3) is 5.74. The molecule has 0 aromatic heterocycles. The average molecular weight is 450 g/mol. The highest BCUT2D eigenvalue weighted by Crippen LogP contribution is 2.26. The largest absolute Gasteiger partial charge is 0.381 e. The topological polar surface area (TPSA) is 61.9 Å². The molecule has 0 radical (unpaired) electrons. The first-order valence-electron chi connectivity index (χ1n) is 12.1. The summed E-state index contributed by atoms with van der Waals surface area (Å²) in [5.41, 5.74) is 4.07. The second kappa shape index (κ2) is 10.8. The van der Waals surface area contributed by atoms with Crippen LogP contribution in [0.3, 0.4) is 0 Å². The third-order valence-corrected chi connectivity index (χ3v) is 6.93. The van der Waals surface area contributed by atoms with Gasteiger partial charge < -0.3 is 19.9 Å². The molecule has 2 aromatic carbocycles. The Morgan fingerprint density at radius 2 is 1.52 bits per heavy atom. The number of anilines is 1. The van der Waals surface area contributed by atoms with Gasteiger partial charge in [-0.05, 0) is 56.2 Å². The maximum atomic E-state index is 13.4. The molecule has 176 valence electrons. The second-order valence-electron chi connectivity index (χ2n) is 9.22. The molecule has 1 N–H and O–H groups in total. The zero-order valence-corrected chi connectivity index (χ0v) is 19.8. The molecule has 33 heavy (non-hydrogen) atoms. The Kier molecular flexibility index (Phi) is 7.65. The average Bonchev–Trinajstić information content (AvgIpc) is 2.83. The minimum Gasteiger partial charge on any atom is -0.381 e. The molecule has 3 amide bonds. The minimum absolute atomic E-state index is 0.0564. The van der Waals surface area contributed by atoms with Crippen molar-refractivity contribution in [2.75, 3.05) is 31.6 Å². The van der Waals surface area contributed by atoms with E-state index in [4.69, 9.17) is 4.74 Å². The van der Waals surface area contributed by atoms with Crippen LogP contribution in [-0.4, -0.2) is 60.1 Å². The molecule has 2 aromatic rings. The van der Waals surface area contributed by atoms with Crippen molar-refractivity contribution >= 4 is 17.6 Å². The van der Waals surface area contributed by atoms with Gasteiger partial charge in [0, 0.05) is 44.1 Å². The quantitative estimate of drug-likeness (QED) is 0.728. The van der Waals surface area contributed by atoms with Crippen molar-refractivity contribution in [2.45, 2.75) is 58.0 Å². The molecular weight excluding hydrogens is 414 g/mol. The monoisotopic (exact) mass is 449 g/mol. The zero-order valence-electron chi connectivity index (χ0n) is 19.8. The molecule has 4 rings (SSSR count). The van der Waals surface area contributed by atoms with Gasteiger partial charge in [-0.15, -0.1) is 0 Å². The highest BCUT2D eigenvalue weighted by molar-refractivity contribution is 5.91. The molecule has 2 aliphatic rings. The summed E-state index contributed by atoms with van der Waals surface area (Å²) in [7, 11) is 0. The van der Waals surface area contributed by atoms with Crippen LogP contribution in [0.25, 0.3) is 0 Å². The number of ether oxygens (including phenoxy) is 1. The number of aryl methyl sites for hydroxylation is 2. The van der Waals surface area contributed by atoms with Gasteiger partial charge in [-0.3, -0.25) is 4.79 Å². The van der Waals surface area contributed by atoms with Crippen LogP contribution in [0.4, 0.5) is 10.5 Å². The number of carbonyl (C=O) groups is 2. The van der Waals surface area contributed by atoms with Crippen LogP contribution in [-0.2, 0) is 16.0 Å². The summed E-state index contributed by atoms with van der Waals surface area (Å²) in [4.78, 5) is 30.4. The molecular formula is C27H35N3O3. The lowest BCUT2D eigenvalue weighted by Crippen LogP contribution is -2.54. The van der Waals surface area contributed by atoms with Gasteiger partial charge in [0.05, 0.1) is 6.42 Å². The summed E-state index contributed by atoms with van der Waals surface area (Å²) >= 11 is 0. The molecule has 0 aliphatic carbocycles. The Labute approximate surface area is 196 Å². The van der Waals surface area contributed by atoms with Gasteiger partial charge in [-0.25, -0.2) is 4.79 Å². The first-order valence-corrected chi connectivity index (χ1v) is 12.1. The number of likely N-dealkylation sites (tertiary alicyclic amines) is 1. The number of carbonyl (C=O) groups excluding carboxylic acids is 2. The lowest BCUT2D eigenvalue weighted by atomic mass is 9.96. The lowest BCUT2D eigenvalue weighted by molar-refractivity contribution is -0.139. The van der Waals surface area contributed by atoms with E-state index in [0.29, 0.717) is 32.7 Å². The Hall–Kier alpha value is -2.86. The smallest absolute Gasteiger partial charge is 0.321 e. The molecule has 0 saturated carbocycles. The van der Waals surface area contributed by atoms with Crippen molar-refractivity contribution in [3.63, 3.8) is 0 Å². The maximum Gasteiger partial charge on any atom is 0.321 e. The van der Waals surface area contributed by atoms with Crippen LogP contribution in [0, 0.1) is 13.8 Å². The maximum absolute atomic E-state index is 13.4. The molecule has 2 heterocycles. The van der Waals surface area contributed by atoms with E-state index in [-0.39, 0.29) is 24.0 Å². The van der Waals surface area contributed by atoms with E-state index in [0.717, 1.165) is 48.1 Å². The molecule has 6 nitrogen and oxygen atoms in total. The number of urea groups is 1. The number of hydrogen-bond acceptors (Lipinski definition) is 3. The van der Waals surface area contributed by atoms with E-state index in [1.54, 1.807) is 0 Å². The molecule has 6 heteroatoms. The van der Waals surface area contributed by atoms with Crippen LogP contribution in [0.2, 0.25) is 0 Å². The summed E-state index contributed by atoms with van der Waals surface area (Å²) in [6.45, 7) is 6.74. The highest BCUT2D eigenvalue weighted by Gasteiger charge is 2.34. The van der Waals surface area contributed by atoms with Crippen LogP contribution in [0.5, 0.6) is 0 Å². The van der Waals surface area contributed by atoms with E-state index < -0.39 is 0 Å². The van der Waals surface area contributed by atoms with Gasteiger partial charge in [0.25, 0.3) is 0 Å². The molecule has 2 fully saturated rings. The number of para-hydroxylation sites is 1. The molecule has 0 bridgehead atoms. The molecule has 2 aliphatic heterocycles. The molecule has 0 atom stereocenters.